The number of anilines is 2. The SMILES string of the molecule is O=C(CCCCCCCC(=O)Nc1cc2cccnc2c2ncccc12)Nc1cc2cccnc2c2ncccc12. The second-order valence-electron chi connectivity index (χ2n) is 10.2. The van der Waals surface area contributed by atoms with Gasteiger partial charge in [-0.25, -0.2) is 0 Å². The van der Waals surface area contributed by atoms with E-state index in [4.69, 9.17) is 0 Å². The monoisotopic (exact) mass is 542 g/mol. The molecule has 6 rings (SSSR count). The Bertz CT molecular complexity index is 1750. The minimum Gasteiger partial charge on any atom is -0.325 e. The Labute approximate surface area is 237 Å². The normalized spacial score (nSPS) is 11.3. The number of unbranched alkanes of at least 4 members (excludes halogenated alkanes) is 4. The highest BCUT2D eigenvalue weighted by Crippen LogP contribution is 2.30. The molecule has 0 aliphatic carbocycles. The first-order valence-corrected chi connectivity index (χ1v) is 14.0. The number of nitrogens with zero attached hydrogens (tertiary/aromatic N) is 4. The summed E-state index contributed by atoms with van der Waals surface area (Å²) in [5.41, 5.74) is 4.75. The van der Waals surface area contributed by atoms with E-state index in [9.17, 15) is 9.59 Å². The Kier molecular flexibility index (Phi) is 7.71. The lowest BCUT2D eigenvalue weighted by Crippen LogP contribution is -2.12. The minimum atomic E-state index is -0.00919. The third kappa shape index (κ3) is 5.82. The Balaban J connectivity index is 0.957. The van der Waals surface area contributed by atoms with E-state index in [1.807, 2.05) is 60.7 Å². The van der Waals surface area contributed by atoms with Crippen LogP contribution in [0.25, 0.3) is 43.6 Å². The lowest BCUT2D eigenvalue weighted by Gasteiger charge is -2.11. The van der Waals surface area contributed by atoms with Crippen LogP contribution in [0.5, 0.6) is 0 Å². The summed E-state index contributed by atoms with van der Waals surface area (Å²) in [5, 5.41) is 9.80. The summed E-state index contributed by atoms with van der Waals surface area (Å²) in [7, 11) is 0. The number of hydrogen-bond acceptors (Lipinski definition) is 6. The van der Waals surface area contributed by atoms with Gasteiger partial charge in [0.1, 0.15) is 0 Å². The summed E-state index contributed by atoms with van der Waals surface area (Å²) >= 11 is 0. The molecule has 2 amide bonds. The number of carbonyl (C=O) groups excluding carboxylic acids is 2. The van der Waals surface area contributed by atoms with E-state index >= 15 is 0 Å². The molecule has 2 aromatic carbocycles. The average Bonchev–Trinajstić information content (AvgIpc) is 3.01. The molecule has 41 heavy (non-hydrogen) atoms. The predicted molar refractivity (Wildman–Crippen MR) is 164 cm³/mol. The van der Waals surface area contributed by atoms with E-state index in [0.29, 0.717) is 12.8 Å². The molecule has 4 heterocycles. The molecule has 204 valence electrons. The first kappa shape index (κ1) is 26.3. The van der Waals surface area contributed by atoms with Crippen molar-refractivity contribution in [2.45, 2.75) is 44.9 Å². The third-order valence-electron chi connectivity index (χ3n) is 7.28. The molecule has 4 aromatic heterocycles. The number of amides is 2. The Morgan fingerprint density at radius 2 is 0.902 bits per heavy atom. The van der Waals surface area contributed by atoms with Crippen LogP contribution >= 0.6 is 0 Å². The van der Waals surface area contributed by atoms with Crippen molar-refractivity contribution in [1.29, 1.82) is 0 Å². The topological polar surface area (TPSA) is 110 Å². The number of carbonyl (C=O) groups is 2. The maximum atomic E-state index is 12.7. The molecule has 0 aliphatic rings. The van der Waals surface area contributed by atoms with Crippen LogP contribution in [0.15, 0.2) is 85.5 Å². The van der Waals surface area contributed by atoms with Crippen molar-refractivity contribution >= 4 is 66.8 Å². The summed E-state index contributed by atoms with van der Waals surface area (Å²) in [5.74, 6) is -0.0184. The molecule has 0 aliphatic heterocycles. The fraction of sp³-hybridized carbons (Fsp3) is 0.212. The smallest absolute Gasteiger partial charge is 0.224 e. The minimum absolute atomic E-state index is 0.00919. The molecule has 2 N–H and O–H groups in total. The molecule has 6 aromatic rings. The van der Waals surface area contributed by atoms with Gasteiger partial charge in [0, 0.05) is 59.2 Å². The van der Waals surface area contributed by atoms with E-state index < -0.39 is 0 Å². The van der Waals surface area contributed by atoms with Crippen LogP contribution in [0.4, 0.5) is 11.4 Å². The van der Waals surface area contributed by atoms with E-state index in [2.05, 4.69) is 30.6 Å². The Hall–Kier alpha value is -4.98. The number of rotatable bonds is 10. The number of aromatic nitrogens is 4. The standard InChI is InChI=1S/C33H30N6O2/c40-28(38-26-20-22-10-6-16-34-30(22)32-24(26)12-8-18-36-32)14-4-2-1-3-5-15-29(41)39-27-21-23-11-7-17-35-31(23)33-25(27)13-9-19-37-33/h6-13,16-21H,1-5,14-15H2,(H,38,40)(H,39,41). The lowest BCUT2D eigenvalue weighted by atomic mass is 10.1. The molecule has 0 saturated heterocycles. The van der Waals surface area contributed by atoms with Crippen molar-refractivity contribution in [2.75, 3.05) is 10.6 Å². The van der Waals surface area contributed by atoms with Gasteiger partial charge in [0.05, 0.1) is 33.4 Å². The highest BCUT2D eigenvalue weighted by Gasteiger charge is 2.12. The van der Waals surface area contributed by atoms with Crippen molar-refractivity contribution in [3.05, 3.63) is 85.5 Å². The van der Waals surface area contributed by atoms with Crippen LogP contribution in [0.3, 0.4) is 0 Å². The Morgan fingerprint density at radius 1 is 0.512 bits per heavy atom. The zero-order valence-electron chi connectivity index (χ0n) is 22.6. The molecule has 0 atom stereocenters. The molecule has 0 fully saturated rings. The molecule has 8 heteroatoms. The van der Waals surface area contributed by atoms with Gasteiger partial charge in [-0.05, 0) is 61.4 Å². The third-order valence-corrected chi connectivity index (χ3v) is 7.28. The van der Waals surface area contributed by atoms with Gasteiger partial charge in [0.2, 0.25) is 11.8 Å². The fourth-order valence-electron chi connectivity index (χ4n) is 5.29. The van der Waals surface area contributed by atoms with Gasteiger partial charge in [-0.15, -0.1) is 0 Å². The van der Waals surface area contributed by atoms with Crippen LogP contribution in [0.2, 0.25) is 0 Å². The maximum Gasteiger partial charge on any atom is 0.224 e. The fourth-order valence-corrected chi connectivity index (χ4v) is 5.29. The summed E-state index contributed by atoms with van der Waals surface area (Å²) in [6, 6.07) is 19.3. The van der Waals surface area contributed by atoms with Crippen LogP contribution in [-0.4, -0.2) is 31.8 Å². The van der Waals surface area contributed by atoms with Crippen molar-refractivity contribution in [3.63, 3.8) is 0 Å². The Morgan fingerprint density at radius 3 is 1.37 bits per heavy atom. The van der Waals surface area contributed by atoms with Gasteiger partial charge < -0.3 is 10.6 Å². The second kappa shape index (κ2) is 12.0. The highest BCUT2D eigenvalue weighted by molar-refractivity contribution is 6.13. The van der Waals surface area contributed by atoms with Crippen LogP contribution in [0.1, 0.15) is 44.9 Å². The highest BCUT2D eigenvalue weighted by atomic mass is 16.2. The number of nitrogens with one attached hydrogen (secondary N) is 2. The number of fused-ring (bicyclic) bond motifs is 6. The first-order chi connectivity index (χ1) is 20.2. The second-order valence-corrected chi connectivity index (χ2v) is 10.2. The summed E-state index contributed by atoms with van der Waals surface area (Å²) in [6.45, 7) is 0. The van der Waals surface area contributed by atoms with E-state index in [0.717, 1.165) is 87.1 Å². The molecule has 0 spiro atoms. The van der Waals surface area contributed by atoms with Crippen molar-refractivity contribution in [2.24, 2.45) is 0 Å². The molecular formula is C33H30N6O2. The van der Waals surface area contributed by atoms with E-state index in [-0.39, 0.29) is 11.8 Å². The van der Waals surface area contributed by atoms with Crippen molar-refractivity contribution < 1.29 is 9.59 Å². The van der Waals surface area contributed by atoms with Gasteiger partial charge in [-0.3, -0.25) is 29.5 Å². The summed E-state index contributed by atoms with van der Waals surface area (Å²) < 4.78 is 0. The quantitative estimate of drug-likeness (QED) is 0.140. The molecule has 0 saturated carbocycles. The number of benzene rings is 2. The lowest BCUT2D eigenvalue weighted by molar-refractivity contribution is -0.117. The van der Waals surface area contributed by atoms with Crippen molar-refractivity contribution in [3.8, 4) is 0 Å². The van der Waals surface area contributed by atoms with Crippen LogP contribution < -0.4 is 10.6 Å². The van der Waals surface area contributed by atoms with Crippen LogP contribution in [0, 0.1) is 0 Å². The largest absolute Gasteiger partial charge is 0.325 e. The van der Waals surface area contributed by atoms with Gasteiger partial charge in [0.25, 0.3) is 0 Å². The summed E-state index contributed by atoms with van der Waals surface area (Å²) in [4.78, 5) is 43.3. The molecule has 0 unspecified atom stereocenters. The molecule has 8 nitrogen and oxygen atoms in total. The van der Waals surface area contributed by atoms with Gasteiger partial charge in [-0.2, -0.15) is 0 Å². The van der Waals surface area contributed by atoms with Gasteiger partial charge in [-0.1, -0.05) is 31.4 Å². The molecule has 0 bridgehead atoms. The van der Waals surface area contributed by atoms with Crippen LogP contribution in [-0.2, 0) is 9.59 Å². The zero-order valence-corrected chi connectivity index (χ0v) is 22.6. The molecule has 0 radical (unpaired) electrons. The van der Waals surface area contributed by atoms with Crippen molar-refractivity contribution in [1.82, 2.24) is 19.9 Å². The zero-order chi connectivity index (χ0) is 28.0. The average molecular weight is 543 g/mol. The maximum absolute atomic E-state index is 12.7. The first-order valence-electron chi connectivity index (χ1n) is 14.0. The number of hydrogen-bond donors (Lipinski definition) is 2. The van der Waals surface area contributed by atoms with E-state index in [1.54, 1.807) is 24.8 Å². The molecular weight excluding hydrogens is 512 g/mol. The van der Waals surface area contributed by atoms with Gasteiger partial charge >= 0.3 is 0 Å². The number of pyridine rings is 4. The van der Waals surface area contributed by atoms with E-state index in [1.165, 1.54) is 0 Å². The summed E-state index contributed by atoms with van der Waals surface area (Å²) in [6.07, 6.45) is 12.3. The predicted octanol–water partition coefficient (Wildman–Crippen LogP) is 7.19. The van der Waals surface area contributed by atoms with Gasteiger partial charge in [0.15, 0.2) is 0 Å².